The first-order valence-corrected chi connectivity index (χ1v) is 4.55. The third-order valence-electron chi connectivity index (χ3n) is 1.58. The standard InChI is InChI=1S/C9H18N2O3/c1-6(2)11-14-5-7(3)4-8(10)9(12)13/h7-8H,4-5,10H2,1-3H3,(H,12,13)/t7?,8-/m0/s1. The van der Waals surface area contributed by atoms with E-state index in [4.69, 9.17) is 15.7 Å². The van der Waals surface area contributed by atoms with Crippen LogP contribution in [0.2, 0.25) is 0 Å². The molecule has 14 heavy (non-hydrogen) atoms. The summed E-state index contributed by atoms with van der Waals surface area (Å²) in [6, 6.07) is -0.819. The monoisotopic (exact) mass is 202 g/mol. The van der Waals surface area contributed by atoms with Gasteiger partial charge in [-0.05, 0) is 26.2 Å². The molecule has 0 aliphatic carbocycles. The molecule has 0 aromatic carbocycles. The van der Waals surface area contributed by atoms with Crippen molar-refractivity contribution in [2.75, 3.05) is 6.61 Å². The number of nitrogens with two attached hydrogens (primary N) is 1. The van der Waals surface area contributed by atoms with E-state index in [1.54, 1.807) is 0 Å². The van der Waals surface area contributed by atoms with Crippen LogP contribution in [0.1, 0.15) is 27.2 Å². The van der Waals surface area contributed by atoms with Crippen LogP contribution in [-0.4, -0.2) is 29.4 Å². The van der Waals surface area contributed by atoms with Crippen molar-refractivity contribution in [3.05, 3.63) is 0 Å². The second-order valence-corrected chi connectivity index (χ2v) is 3.62. The zero-order chi connectivity index (χ0) is 11.1. The van der Waals surface area contributed by atoms with Gasteiger partial charge in [-0.15, -0.1) is 0 Å². The van der Waals surface area contributed by atoms with Gasteiger partial charge in [0.15, 0.2) is 0 Å². The van der Waals surface area contributed by atoms with Crippen molar-refractivity contribution in [2.24, 2.45) is 16.8 Å². The first kappa shape index (κ1) is 12.9. The molecule has 0 radical (unpaired) electrons. The second kappa shape index (κ2) is 6.37. The molecule has 0 saturated heterocycles. The van der Waals surface area contributed by atoms with Crippen molar-refractivity contribution in [1.29, 1.82) is 0 Å². The van der Waals surface area contributed by atoms with Crippen molar-refractivity contribution in [3.8, 4) is 0 Å². The van der Waals surface area contributed by atoms with Crippen LogP contribution in [0.3, 0.4) is 0 Å². The third kappa shape index (κ3) is 6.42. The number of carboxylic acids is 1. The number of carbonyl (C=O) groups is 1. The molecule has 0 heterocycles. The van der Waals surface area contributed by atoms with Gasteiger partial charge in [-0.2, -0.15) is 0 Å². The Kier molecular flexibility index (Phi) is 5.87. The van der Waals surface area contributed by atoms with Gasteiger partial charge in [0.25, 0.3) is 0 Å². The van der Waals surface area contributed by atoms with Crippen LogP contribution in [0.15, 0.2) is 5.16 Å². The molecule has 0 aromatic rings. The van der Waals surface area contributed by atoms with Crippen LogP contribution in [0, 0.1) is 5.92 Å². The van der Waals surface area contributed by atoms with E-state index in [1.807, 2.05) is 20.8 Å². The topological polar surface area (TPSA) is 84.9 Å². The van der Waals surface area contributed by atoms with E-state index in [-0.39, 0.29) is 5.92 Å². The summed E-state index contributed by atoms with van der Waals surface area (Å²) in [5.41, 5.74) is 6.19. The van der Waals surface area contributed by atoms with Gasteiger partial charge >= 0.3 is 5.97 Å². The maximum absolute atomic E-state index is 10.4. The zero-order valence-corrected chi connectivity index (χ0v) is 8.86. The number of rotatable bonds is 6. The molecular weight excluding hydrogens is 184 g/mol. The van der Waals surface area contributed by atoms with Gasteiger partial charge in [-0.25, -0.2) is 0 Å². The van der Waals surface area contributed by atoms with Crippen LogP contribution in [0.25, 0.3) is 0 Å². The quantitative estimate of drug-likeness (QED) is 0.493. The summed E-state index contributed by atoms with van der Waals surface area (Å²) in [6.07, 6.45) is 0.396. The summed E-state index contributed by atoms with van der Waals surface area (Å²) in [5, 5.41) is 12.3. The predicted octanol–water partition coefficient (Wildman–Crippen LogP) is 0.837. The molecule has 0 fully saturated rings. The highest BCUT2D eigenvalue weighted by Crippen LogP contribution is 2.05. The fraction of sp³-hybridized carbons (Fsp3) is 0.778. The molecule has 0 bridgehead atoms. The van der Waals surface area contributed by atoms with Gasteiger partial charge in [0.05, 0.1) is 5.71 Å². The van der Waals surface area contributed by atoms with Crippen LogP contribution >= 0.6 is 0 Å². The van der Waals surface area contributed by atoms with Crippen molar-refractivity contribution < 1.29 is 14.7 Å². The molecule has 0 amide bonds. The molecule has 1 unspecified atom stereocenters. The summed E-state index contributed by atoms with van der Waals surface area (Å²) in [6.45, 7) is 5.93. The molecule has 5 nitrogen and oxygen atoms in total. The number of hydrogen-bond donors (Lipinski definition) is 2. The smallest absolute Gasteiger partial charge is 0.320 e. The lowest BCUT2D eigenvalue weighted by molar-refractivity contribution is -0.139. The Bertz CT molecular complexity index is 212. The molecule has 0 spiro atoms. The van der Waals surface area contributed by atoms with Crippen LogP contribution in [0.4, 0.5) is 0 Å². The average Bonchev–Trinajstić information content (AvgIpc) is 2.02. The largest absolute Gasteiger partial charge is 0.480 e. The maximum atomic E-state index is 10.4. The third-order valence-corrected chi connectivity index (χ3v) is 1.58. The average molecular weight is 202 g/mol. The molecule has 5 heteroatoms. The molecular formula is C9H18N2O3. The summed E-state index contributed by atoms with van der Waals surface area (Å²) >= 11 is 0. The van der Waals surface area contributed by atoms with E-state index in [2.05, 4.69) is 5.16 Å². The SMILES string of the molecule is CC(C)=NOCC(C)C[C@H](N)C(=O)O. The van der Waals surface area contributed by atoms with Gasteiger partial charge in [-0.3, -0.25) is 4.79 Å². The number of aliphatic carboxylic acids is 1. The summed E-state index contributed by atoms with van der Waals surface area (Å²) in [7, 11) is 0. The minimum Gasteiger partial charge on any atom is -0.480 e. The van der Waals surface area contributed by atoms with E-state index in [9.17, 15) is 4.79 Å². The first-order chi connectivity index (χ1) is 6.43. The maximum Gasteiger partial charge on any atom is 0.320 e. The molecule has 3 N–H and O–H groups in total. The number of oxime groups is 1. The van der Waals surface area contributed by atoms with Crippen LogP contribution < -0.4 is 5.73 Å². The number of hydrogen-bond acceptors (Lipinski definition) is 4. The van der Waals surface area contributed by atoms with Gasteiger partial charge in [0.1, 0.15) is 12.6 Å². The molecule has 0 aliphatic heterocycles. The van der Waals surface area contributed by atoms with Crippen LogP contribution in [0.5, 0.6) is 0 Å². The normalized spacial score (nSPS) is 14.3. The van der Waals surface area contributed by atoms with E-state index in [0.717, 1.165) is 5.71 Å². The lowest BCUT2D eigenvalue weighted by Crippen LogP contribution is -2.32. The number of nitrogens with zero attached hydrogens (tertiary/aromatic N) is 1. The first-order valence-electron chi connectivity index (χ1n) is 4.55. The highest BCUT2D eigenvalue weighted by Gasteiger charge is 2.15. The zero-order valence-electron chi connectivity index (χ0n) is 8.86. The Morgan fingerprint density at radius 3 is 2.57 bits per heavy atom. The predicted molar refractivity (Wildman–Crippen MR) is 54.1 cm³/mol. The Labute approximate surface area is 83.9 Å². The van der Waals surface area contributed by atoms with E-state index >= 15 is 0 Å². The minimum atomic E-state index is -0.980. The minimum absolute atomic E-state index is 0.0872. The number of carboxylic acid groups (broad SMARTS) is 1. The fourth-order valence-electron chi connectivity index (χ4n) is 0.896. The van der Waals surface area contributed by atoms with Crippen molar-refractivity contribution in [3.63, 3.8) is 0 Å². The van der Waals surface area contributed by atoms with E-state index in [0.29, 0.717) is 13.0 Å². The van der Waals surface area contributed by atoms with Crippen molar-refractivity contribution >= 4 is 11.7 Å². The molecule has 2 atom stereocenters. The Morgan fingerprint density at radius 1 is 1.57 bits per heavy atom. The lowest BCUT2D eigenvalue weighted by Gasteiger charge is -2.12. The highest BCUT2D eigenvalue weighted by molar-refractivity contribution is 5.78. The Balaban J connectivity index is 3.70. The molecule has 82 valence electrons. The van der Waals surface area contributed by atoms with Gasteiger partial charge < -0.3 is 15.7 Å². The van der Waals surface area contributed by atoms with Crippen molar-refractivity contribution in [2.45, 2.75) is 33.2 Å². The summed E-state index contributed by atoms with van der Waals surface area (Å²) in [5.74, 6) is -0.892. The Hall–Kier alpha value is -1.10. The van der Waals surface area contributed by atoms with Gasteiger partial charge in [0.2, 0.25) is 0 Å². The van der Waals surface area contributed by atoms with Gasteiger partial charge in [0, 0.05) is 0 Å². The van der Waals surface area contributed by atoms with E-state index < -0.39 is 12.0 Å². The fourth-order valence-corrected chi connectivity index (χ4v) is 0.896. The molecule has 0 saturated carbocycles. The van der Waals surface area contributed by atoms with Gasteiger partial charge in [-0.1, -0.05) is 12.1 Å². The summed E-state index contributed by atoms with van der Waals surface area (Å²) in [4.78, 5) is 15.4. The van der Waals surface area contributed by atoms with Crippen LogP contribution in [-0.2, 0) is 9.63 Å². The highest BCUT2D eigenvalue weighted by atomic mass is 16.6. The molecule has 0 rings (SSSR count). The van der Waals surface area contributed by atoms with E-state index in [1.165, 1.54) is 0 Å². The van der Waals surface area contributed by atoms with Crippen molar-refractivity contribution in [1.82, 2.24) is 0 Å². The molecule has 0 aromatic heterocycles. The summed E-state index contributed by atoms with van der Waals surface area (Å²) < 4.78 is 0. The Morgan fingerprint density at radius 2 is 2.14 bits per heavy atom. The molecule has 0 aliphatic rings. The lowest BCUT2D eigenvalue weighted by atomic mass is 10.0. The second-order valence-electron chi connectivity index (χ2n) is 3.62.